The van der Waals surface area contributed by atoms with E-state index in [0.717, 1.165) is 16.1 Å². The largest absolute Gasteiger partial charge is 0.325 e. The van der Waals surface area contributed by atoms with Crippen molar-refractivity contribution in [1.29, 1.82) is 0 Å². The lowest BCUT2D eigenvalue weighted by molar-refractivity contribution is -0.116. The number of nitrogens with one attached hydrogen (secondary N) is 1. The summed E-state index contributed by atoms with van der Waals surface area (Å²) in [6.07, 6.45) is 1.09. The molecule has 23 heavy (non-hydrogen) atoms. The number of rotatable bonds is 6. The summed E-state index contributed by atoms with van der Waals surface area (Å²) < 4.78 is 24.9. The molecule has 0 aliphatic carbocycles. The van der Waals surface area contributed by atoms with Crippen molar-refractivity contribution in [1.82, 2.24) is 4.31 Å². The number of carbonyl (C=O) groups excluding carboxylic acids is 1. The van der Waals surface area contributed by atoms with Crippen LogP contribution in [0.25, 0.3) is 0 Å². The number of benzene rings is 2. The van der Waals surface area contributed by atoms with Crippen molar-refractivity contribution in [3.8, 4) is 0 Å². The molecule has 2 rings (SSSR count). The van der Waals surface area contributed by atoms with Gasteiger partial charge in [0, 0.05) is 17.3 Å². The standard InChI is InChI=1S/C16H17ClN2O3S/c1-23(21,22)19(11-13-6-3-2-4-7-13)12-16(20)18-15-9-5-8-14(17)10-15/h2-10H,11-12H2,1H3,(H,18,20). The molecule has 0 fully saturated rings. The van der Waals surface area contributed by atoms with Crippen molar-refractivity contribution >= 4 is 33.2 Å². The molecule has 7 heteroatoms. The van der Waals surface area contributed by atoms with E-state index in [1.165, 1.54) is 0 Å². The maximum absolute atomic E-state index is 12.1. The Labute approximate surface area is 140 Å². The minimum Gasteiger partial charge on any atom is -0.325 e. The third-order valence-electron chi connectivity index (χ3n) is 3.10. The highest BCUT2D eigenvalue weighted by Crippen LogP contribution is 2.15. The lowest BCUT2D eigenvalue weighted by atomic mass is 10.2. The van der Waals surface area contributed by atoms with Crippen LogP contribution >= 0.6 is 11.6 Å². The van der Waals surface area contributed by atoms with Gasteiger partial charge in [0.15, 0.2) is 0 Å². The number of hydrogen-bond acceptors (Lipinski definition) is 3. The molecule has 0 unspecified atom stereocenters. The molecule has 5 nitrogen and oxygen atoms in total. The van der Waals surface area contributed by atoms with E-state index in [0.29, 0.717) is 10.7 Å². The Morgan fingerprint density at radius 1 is 1.13 bits per heavy atom. The highest BCUT2D eigenvalue weighted by molar-refractivity contribution is 7.88. The van der Waals surface area contributed by atoms with Gasteiger partial charge in [-0.15, -0.1) is 0 Å². The molecule has 0 heterocycles. The summed E-state index contributed by atoms with van der Waals surface area (Å²) in [5, 5.41) is 3.13. The molecule has 122 valence electrons. The number of hydrogen-bond donors (Lipinski definition) is 1. The topological polar surface area (TPSA) is 66.5 Å². The number of amides is 1. The zero-order valence-corrected chi connectivity index (χ0v) is 14.1. The molecule has 0 atom stereocenters. The van der Waals surface area contributed by atoms with E-state index < -0.39 is 15.9 Å². The number of halogens is 1. The van der Waals surface area contributed by atoms with Gasteiger partial charge < -0.3 is 5.32 Å². The summed E-state index contributed by atoms with van der Waals surface area (Å²) >= 11 is 5.86. The van der Waals surface area contributed by atoms with E-state index in [1.54, 1.807) is 24.3 Å². The molecule has 0 aromatic heterocycles. The lowest BCUT2D eigenvalue weighted by Gasteiger charge is -2.19. The summed E-state index contributed by atoms with van der Waals surface area (Å²) in [6.45, 7) is -0.122. The molecule has 2 aromatic rings. The van der Waals surface area contributed by atoms with Crippen LogP contribution in [-0.4, -0.2) is 31.4 Å². The average molecular weight is 353 g/mol. The number of nitrogens with zero attached hydrogens (tertiary/aromatic N) is 1. The van der Waals surface area contributed by atoms with Crippen LogP contribution in [-0.2, 0) is 21.4 Å². The van der Waals surface area contributed by atoms with E-state index in [4.69, 9.17) is 11.6 Å². The fourth-order valence-corrected chi connectivity index (χ4v) is 2.93. The van der Waals surface area contributed by atoms with Gasteiger partial charge in [0.2, 0.25) is 15.9 Å². The first-order valence-electron chi connectivity index (χ1n) is 6.89. The van der Waals surface area contributed by atoms with E-state index in [-0.39, 0.29) is 13.1 Å². The number of sulfonamides is 1. The molecule has 2 aromatic carbocycles. The molecular weight excluding hydrogens is 336 g/mol. The van der Waals surface area contributed by atoms with Gasteiger partial charge >= 0.3 is 0 Å². The molecular formula is C16H17ClN2O3S. The van der Waals surface area contributed by atoms with Gasteiger partial charge in [-0.2, -0.15) is 4.31 Å². The second-order valence-electron chi connectivity index (χ2n) is 5.08. The van der Waals surface area contributed by atoms with Crippen LogP contribution < -0.4 is 5.32 Å². The minimum absolute atomic E-state index is 0.142. The fourth-order valence-electron chi connectivity index (χ4n) is 2.00. The zero-order valence-electron chi connectivity index (χ0n) is 12.6. The molecule has 1 amide bonds. The van der Waals surface area contributed by atoms with Gasteiger partial charge in [0.05, 0.1) is 12.8 Å². The van der Waals surface area contributed by atoms with Gasteiger partial charge in [-0.25, -0.2) is 8.42 Å². The first-order valence-corrected chi connectivity index (χ1v) is 9.12. The van der Waals surface area contributed by atoms with Crippen molar-refractivity contribution in [2.75, 3.05) is 18.1 Å². The normalized spacial score (nSPS) is 11.4. The SMILES string of the molecule is CS(=O)(=O)N(CC(=O)Nc1cccc(Cl)c1)Cc1ccccc1. The third kappa shape index (κ3) is 5.67. The average Bonchev–Trinajstić information content (AvgIpc) is 2.46. The first-order chi connectivity index (χ1) is 10.8. The predicted octanol–water partition coefficient (Wildman–Crippen LogP) is 2.74. The van der Waals surface area contributed by atoms with Crippen molar-refractivity contribution in [3.05, 3.63) is 65.2 Å². The smallest absolute Gasteiger partial charge is 0.239 e. The van der Waals surface area contributed by atoms with Crippen LogP contribution in [0, 0.1) is 0 Å². The predicted molar refractivity (Wildman–Crippen MR) is 91.8 cm³/mol. The minimum atomic E-state index is -3.51. The van der Waals surface area contributed by atoms with Gasteiger partial charge in [-0.1, -0.05) is 48.0 Å². The van der Waals surface area contributed by atoms with Crippen LogP contribution in [0.5, 0.6) is 0 Å². The molecule has 0 saturated carbocycles. The van der Waals surface area contributed by atoms with Gasteiger partial charge in [0.25, 0.3) is 0 Å². The fraction of sp³-hybridized carbons (Fsp3) is 0.188. The van der Waals surface area contributed by atoms with Crippen molar-refractivity contribution in [2.45, 2.75) is 6.54 Å². The van der Waals surface area contributed by atoms with E-state index in [9.17, 15) is 13.2 Å². The maximum Gasteiger partial charge on any atom is 0.239 e. The third-order valence-corrected chi connectivity index (χ3v) is 4.53. The molecule has 0 spiro atoms. The lowest BCUT2D eigenvalue weighted by Crippen LogP contribution is -2.36. The number of carbonyl (C=O) groups is 1. The number of anilines is 1. The summed E-state index contributed by atoms with van der Waals surface area (Å²) in [5.74, 6) is -0.423. The summed E-state index contributed by atoms with van der Waals surface area (Å²) in [4.78, 5) is 12.1. The molecule has 0 radical (unpaired) electrons. The summed E-state index contributed by atoms with van der Waals surface area (Å²) in [6, 6.07) is 15.8. The Bertz CT molecular complexity index is 779. The molecule has 0 bridgehead atoms. The van der Waals surface area contributed by atoms with Crippen LogP contribution in [0.15, 0.2) is 54.6 Å². The second-order valence-corrected chi connectivity index (χ2v) is 7.49. The van der Waals surface area contributed by atoms with Gasteiger partial charge in [-0.3, -0.25) is 4.79 Å². The van der Waals surface area contributed by atoms with Crippen LogP contribution in [0.2, 0.25) is 5.02 Å². The first kappa shape index (κ1) is 17.5. The maximum atomic E-state index is 12.1. The van der Waals surface area contributed by atoms with Crippen molar-refractivity contribution in [2.24, 2.45) is 0 Å². The molecule has 0 aliphatic heterocycles. The Balaban J connectivity index is 2.07. The Morgan fingerprint density at radius 3 is 2.43 bits per heavy atom. The second kappa shape index (κ2) is 7.59. The van der Waals surface area contributed by atoms with Crippen LogP contribution in [0.3, 0.4) is 0 Å². The van der Waals surface area contributed by atoms with E-state index in [2.05, 4.69) is 5.32 Å². The Kier molecular flexibility index (Phi) is 5.76. The highest BCUT2D eigenvalue weighted by atomic mass is 35.5. The summed E-state index contributed by atoms with van der Waals surface area (Å²) in [5.41, 5.74) is 1.34. The van der Waals surface area contributed by atoms with Crippen LogP contribution in [0.1, 0.15) is 5.56 Å². The monoisotopic (exact) mass is 352 g/mol. The van der Waals surface area contributed by atoms with Crippen molar-refractivity contribution in [3.63, 3.8) is 0 Å². The zero-order chi connectivity index (χ0) is 16.9. The van der Waals surface area contributed by atoms with E-state index in [1.807, 2.05) is 30.3 Å². The van der Waals surface area contributed by atoms with Gasteiger partial charge in [-0.05, 0) is 23.8 Å². The summed E-state index contributed by atoms with van der Waals surface area (Å²) in [7, 11) is -3.51. The Morgan fingerprint density at radius 2 is 1.83 bits per heavy atom. The van der Waals surface area contributed by atoms with Crippen molar-refractivity contribution < 1.29 is 13.2 Å². The molecule has 1 N–H and O–H groups in total. The van der Waals surface area contributed by atoms with Crippen LogP contribution in [0.4, 0.5) is 5.69 Å². The quantitative estimate of drug-likeness (QED) is 0.869. The molecule has 0 saturated heterocycles. The Hall–Kier alpha value is -1.89. The van der Waals surface area contributed by atoms with Gasteiger partial charge in [0.1, 0.15) is 0 Å². The highest BCUT2D eigenvalue weighted by Gasteiger charge is 2.20. The molecule has 0 aliphatic rings. The van der Waals surface area contributed by atoms with E-state index >= 15 is 0 Å².